The standard InChI is InChI=1S/C20H22F2N3O7P/c1-20(28,19(21)22)16(18(27)24-32-33(30,31)25(29)15-10-11-15)23-17(26)14-8-6-13(7-9-14)5-4-12-2-3-12/h6-9,12,15-16,19,28H,2-3,10-11H2,1H3,(H2-,23,24,26,27,30,31)/p+1. The van der Waals surface area contributed by atoms with Gasteiger partial charge in [-0.25, -0.2) is 14.3 Å². The van der Waals surface area contributed by atoms with Gasteiger partial charge in [-0.3, -0.25) is 14.5 Å². The molecule has 178 valence electrons. The van der Waals surface area contributed by atoms with E-state index in [9.17, 15) is 37.8 Å². The van der Waals surface area contributed by atoms with Crippen molar-refractivity contribution >= 4 is 19.6 Å². The van der Waals surface area contributed by atoms with E-state index in [0.29, 0.717) is 31.2 Å². The van der Waals surface area contributed by atoms with Gasteiger partial charge in [0.25, 0.3) is 18.2 Å². The molecular weight excluding hydrogens is 463 g/mol. The molecule has 0 radical (unpaired) electrons. The molecule has 0 spiro atoms. The van der Waals surface area contributed by atoms with Crippen LogP contribution in [0.5, 0.6) is 0 Å². The first kappa shape index (κ1) is 24.9. The van der Waals surface area contributed by atoms with Crippen LogP contribution in [-0.2, 0) is 14.0 Å². The maximum Gasteiger partial charge on any atom is 0.673 e. The van der Waals surface area contributed by atoms with Crippen LogP contribution in [0.4, 0.5) is 8.78 Å². The molecule has 2 aliphatic rings. The topological polar surface area (TPSA) is 145 Å². The minimum absolute atomic E-state index is 0.0111. The number of aliphatic hydroxyl groups is 1. The summed E-state index contributed by atoms with van der Waals surface area (Å²) in [5, 5.41) is 12.1. The van der Waals surface area contributed by atoms with Crippen molar-refractivity contribution in [3.8, 4) is 11.8 Å². The van der Waals surface area contributed by atoms with Crippen LogP contribution >= 0.6 is 7.75 Å². The average Bonchev–Trinajstić information content (AvgIpc) is 3.68. The fourth-order valence-electron chi connectivity index (χ4n) is 2.64. The zero-order chi connectivity index (χ0) is 24.4. The molecule has 1 aromatic rings. The molecule has 2 fully saturated rings. The first-order valence-corrected chi connectivity index (χ1v) is 11.7. The number of hydrogen-bond acceptors (Lipinski definition) is 6. The van der Waals surface area contributed by atoms with Crippen molar-refractivity contribution in [3.05, 3.63) is 40.3 Å². The number of amides is 2. The average molecular weight is 486 g/mol. The van der Waals surface area contributed by atoms with Crippen molar-refractivity contribution in [1.29, 1.82) is 0 Å². The van der Waals surface area contributed by atoms with Crippen LogP contribution in [-0.4, -0.2) is 50.5 Å². The first-order valence-electron chi connectivity index (χ1n) is 10.1. The zero-order valence-corrected chi connectivity index (χ0v) is 18.4. The third kappa shape index (κ3) is 6.42. The summed E-state index contributed by atoms with van der Waals surface area (Å²) in [7, 11) is -5.00. The van der Waals surface area contributed by atoms with Crippen molar-refractivity contribution < 1.29 is 42.1 Å². The monoisotopic (exact) mass is 486 g/mol. The van der Waals surface area contributed by atoms with Crippen LogP contribution in [0.2, 0.25) is 0 Å². The van der Waals surface area contributed by atoms with Gasteiger partial charge in [-0.2, -0.15) is 4.57 Å². The Morgan fingerprint density at radius 2 is 1.85 bits per heavy atom. The first-order chi connectivity index (χ1) is 15.4. The number of nitroso groups, excluding NO2 is 1. The molecular formula is C20H23F2N3O7P+. The van der Waals surface area contributed by atoms with Crippen LogP contribution in [0.1, 0.15) is 48.5 Å². The summed E-state index contributed by atoms with van der Waals surface area (Å²) in [6, 6.07) is 2.76. The molecule has 1 aromatic carbocycles. The maximum atomic E-state index is 13.4. The van der Waals surface area contributed by atoms with Crippen LogP contribution in [0.3, 0.4) is 0 Å². The molecule has 10 nitrogen and oxygen atoms in total. The molecule has 4 N–H and O–H groups in total. The highest BCUT2D eigenvalue weighted by Crippen LogP contribution is 2.47. The Bertz CT molecular complexity index is 1040. The number of alkyl halides is 2. The van der Waals surface area contributed by atoms with E-state index in [1.54, 1.807) is 0 Å². The predicted molar refractivity (Wildman–Crippen MR) is 110 cm³/mol. The summed E-state index contributed by atoms with van der Waals surface area (Å²) in [6.07, 6.45) is -0.685. The highest BCUT2D eigenvalue weighted by atomic mass is 31.2. The van der Waals surface area contributed by atoms with E-state index >= 15 is 0 Å². The van der Waals surface area contributed by atoms with E-state index < -0.39 is 43.7 Å². The lowest BCUT2D eigenvalue weighted by Gasteiger charge is -2.31. The number of hydrogen-bond donors (Lipinski definition) is 4. The van der Waals surface area contributed by atoms with Crippen molar-refractivity contribution in [2.24, 2.45) is 5.92 Å². The molecule has 3 unspecified atom stereocenters. The molecule has 0 saturated heterocycles. The lowest BCUT2D eigenvalue weighted by molar-refractivity contribution is -0.438. The van der Waals surface area contributed by atoms with Crippen LogP contribution < -0.4 is 10.8 Å². The summed E-state index contributed by atoms with van der Waals surface area (Å²) >= 11 is 0. The number of carbonyl (C=O) groups is 2. The Morgan fingerprint density at radius 1 is 1.24 bits per heavy atom. The van der Waals surface area contributed by atoms with E-state index in [2.05, 4.69) is 16.5 Å². The molecule has 3 atom stereocenters. The van der Waals surface area contributed by atoms with Gasteiger partial charge in [-0.15, -0.1) is 4.62 Å². The molecule has 0 heterocycles. The molecule has 2 saturated carbocycles. The lowest BCUT2D eigenvalue weighted by atomic mass is 9.95. The second-order valence-corrected chi connectivity index (χ2v) is 9.69. The quantitative estimate of drug-likeness (QED) is 0.236. The smallest absolute Gasteiger partial charge is 0.381 e. The van der Waals surface area contributed by atoms with Gasteiger partial charge in [-0.1, -0.05) is 11.8 Å². The Hall–Kier alpha value is -2.71. The third-order valence-electron chi connectivity index (χ3n) is 5.08. The Balaban J connectivity index is 1.70. The fraction of sp³-hybridized carbons (Fsp3) is 0.500. The minimum Gasteiger partial charge on any atom is -0.381 e. The van der Waals surface area contributed by atoms with E-state index in [1.807, 2.05) is 5.32 Å². The predicted octanol–water partition coefficient (Wildman–Crippen LogP) is 1.65. The molecule has 0 aromatic heterocycles. The summed E-state index contributed by atoms with van der Waals surface area (Å²) in [4.78, 5) is 46.2. The van der Waals surface area contributed by atoms with Crippen molar-refractivity contribution in [2.75, 3.05) is 0 Å². The van der Waals surface area contributed by atoms with E-state index in [-0.39, 0.29) is 10.1 Å². The summed E-state index contributed by atoms with van der Waals surface area (Å²) in [6.45, 7) is 0.599. The normalized spacial score (nSPS) is 19.9. The fourth-order valence-corrected chi connectivity index (χ4v) is 3.57. The Labute approximate surface area is 187 Å². The van der Waals surface area contributed by atoms with Gasteiger partial charge in [0.2, 0.25) is 6.04 Å². The van der Waals surface area contributed by atoms with Crippen molar-refractivity contribution in [1.82, 2.24) is 10.8 Å². The second kappa shape index (κ2) is 9.65. The van der Waals surface area contributed by atoms with E-state index in [0.717, 1.165) is 12.8 Å². The third-order valence-corrected chi connectivity index (χ3v) is 6.24. The van der Waals surface area contributed by atoms with Crippen molar-refractivity contribution in [3.63, 3.8) is 0 Å². The van der Waals surface area contributed by atoms with Crippen molar-refractivity contribution in [2.45, 2.75) is 56.7 Å². The maximum absolute atomic E-state index is 13.4. The van der Waals surface area contributed by atoms with E-state index in [1.165, 1.54) is 29.7 Å². The Morgan fingerprint density at radius 3 is 2.36 bits per heavy atom. The van der Waals surface area contributed by atoms with E-state index in [4.69, 9.17) is 0 Å². The second-order valence-electron chi connectivity index (χ2n) is 8.14. The molecule has 0 aliphatic heterocycles. The SMILES string of the molecule is CC(O)(C(F)F)C(NC(=O)c1ccc(C#CC2CC2)cc1)C(=O)NOP(=O)(O)[N+](=O)C1CC1. The summed E-state index contributed by atoms with van der Waals surface area (Å²) in [5.41, 5.74) is -1.03. The van der Waals surface area contributed by atoms with Gasteiger partial charge in [-0.05, 0) is 44.0 Å². The highest BCUT2D eigenvalue weighted by molar-refractivity contribution is 7.45. The number of rotatable bonds is 9. The number of benzene rings is 1. The molecule has 2 aliphatic carbocycles. The molecule has 2 amide bonds. The van der Waals surface area contributed by atoms with Gasteiger partial charge >= 0.3 is 7.75 Å². The number of nitrogens with zero attached hydrogens (tertiary/aromatic N) is 1. The zero-order valence-electron chi connectivity index (χ0n) is 17.5. The number of halogens is 2. The minimum atomic E-state index is -5.00. The van der Waals surface area contributed by atoms with Crippen LogP contribution in [0.25, 0.3) is 0 Å². The largest absolute Gasteiger partial charge is 0.673 e. The lowest BCUT2D eigenvalue weighted by Crippen LogP contribution is -2.61. The molecule has 33 heavy (non-hydrogen) atoms. The van der Waals surface area contributed by atoms with Gasteiger partial charge in [0, 0.05) is 34.8 Å². The van der Waals surface area contributed by atoms with Gasteiger partial charge in [0.1, 0.15) is 6.04 Å². The van der Waals surface area contributed by atoms with Gasteiger partial charge in [0.05, 0.1) is 4.53 Å². The number of carbonyl (C=O) groups excluding carboxylic acids is 2. The molecule has 13 heteroatoms. The van der Waals surface area contributed by atoms with Crippen LogP contribution in [0.15, 0.2) is 24.3 Å². The summed E-state index contributed by atoms with van der Waals surface area (Å²) < 4.78 is 42.7. The van der Waals surface area contributed by atoms with Gasteiger partial charge in [0.15, 0.2) is 5.60 Å². The summed E-state index contributed by atoms with van der Waals surface area (Å²) in [5.74, 6) is 3.82. The molecule has 0 bridgehead atoms. The highest BCUT2D eigenvalue weighted by Gasteiger charge is 2.54. The number of nitrogens with one attached hydrogen (secondary N) is 2. The number of hydroxylamine groups is 1. The molecule has 3 rings (SSSR count). The van der Waals surface area contributed by atoms with Crippen LogP contribution in [0, 0.1) is 22.7 Å². The Kier molecular flexibility index (Phi) is 7.29. The van der Waals surface area contributed by atoms with Gasteiger partial charge < -0.3 is 10.4 Å².